The molecule has 1 aromatic carbocycles. The van der Waals surface area contributed by atoms with E-state index in [4.69, 9.17) is 0 Å². The zero-order valence-electron chi connectivity index (χ0n) is 11.1. The van der Waals surface area contributed by atoms with Crippen LogP contribution in [0.1, 0.15) is 25.8 Å². The van der Waals surface area contributed by atoms with Crippen LogP contribution < -0.4 is 5.32 Å². The van der Waals surface area contributed by atoms with E-state index < -0.39 is 0 Å². The van der Waals surface area contributed by atoms with E-state index in [1.54, 1.807) is 12.1 Å². The quantitative estimate of drug-likeness (QED) is 0.644. The van der Waals surface area contributed by atoms with Crippen molar-refractivity contribution in [1.82, 2.24) is 5.32 Å². The summed E-state index contributed by atoms with van der Waals surface area (Å²) in [6, 6.07) is 7.34. The van der Waals surface area contributed by atoms with Gasteiger partial charge in [-0.15, -0.1) is 0 Å². The molecule has 0 amide bonds. The van der Waals surface area contributed by atoms with Gasteiger partial charge in [-0.3, -0.25) is 10.1 Å². The summed E-state index contributed by atoms with van der Waals surface area (Å²) >= 11 is 0. The van der Waals surface area contributed by atoms with Crippen LogP contribution in [-0.2, 0) is 6.42 Å². The molecule has 1 aromatic rings. The number of nitrogens with one attached hydrogen (secondary N) is 1. The molecule has 0 heterocycles. The maximum absolute atomic E-state index is 10.6. The van der Waals surface area contributed by atoms with Crippen molar-refractivity contribution in [1.29, 1.82) is 0 Å². The van der Waals surface area contributed by atoms with Crippen LogP contribution in [0.2, 0.25) is 0 Å². The number of nitro groups is 1. The topological polar surface area (TPSA) is 55.2 Å². The number of likely N-dealkylation sites (N-methyl/N-ethyl adjacent to an activating group) is 1. The van der Waals surface area contributed by atoms with Gasteiger partial charge in [0.25, 0.3) is 5.69 Å². The van der Waals surface area contributed by atoms with Crippen LogP contribution >= 0.6 is 0 Å². The average molecular weight is 248 g/mol. The normalized spacial score (nSPS) is 22.5. The summed E-state index contributed by atoms with van der Waals surface area (Å²) in [5.41, 5.74) is 1.75. The zero-order chi connectivity index (χ0) is 13.3. The Morgan fingerprint density at radius 2 is 2.00 bits per heavy atom. The second kappa shape index (κ2) is 4.69. The molecule has 18 heavy (non-hydrogen) atoms. The Bertz CT molecular complexity index is 440. The van der Waals surface area contributed by atoms with Gasteiger partial charge in [-0.2, -0.15) is 0 Å². The third kappa shape index (κ3) is 2.70. The zero-order valence-corrected chi connectivity index (χ0v) is 11.1. The minimum absolute atomic E-state index is 0.159. The molecule has 0 aliphatic heterocycles. The standard InChI is InChI=1S/C14H20N2O2/c1-14(2)9-12(14)13(15-3)8-10-4-6-11(7-5-10)16(17)18/h4-7,12-13,15H,8-9H2,1-3H3. The molecule has 4 heteroatoms. The molecule has 4 nitrogen and oxygen atoms in total. The average Bonchev–Trinajstić information content (AvgIpc) is 2.95. The van der Waals surface area contributed by atoms with Gasteiger partial charge in [-0.05, 0) is 36.8 Å². The van der Waals surface area contributed by atoms with Crippen molar-refractivity contribution in [3.8, 4) is 0 Å². The molecule has 1 N–H and O–H groups in total. The van der Waals surface area contributed by atoms with Crippen LogP contribution in [0.4, 0.5) is 5.69 Å². The fourth-order valence-corrected chi connectivity index (χ4v) is 2.65. The molecule has 1 fully saturated rings. The minimum Gasteiger partial charge on any atom is -0.316 e. The van der Waals surface area contributed by atoms with Crippen LogP contribution in [0.3, 0.4) is 0 Å². The number of hydrogen-bond donors (Lipinski definition) is 1. The van der Waals surface area contributed by atoms with Crippen molar-refractivity contribution in [2.45, 2.75) is 32.7 Å². The van der Waals surface area contributed by atoms with E-state index in [1.807, 2.05) is 19.2 Å². The third-order valence-electron chi connectivity index (χ3n) is 4.05. The lowest BCUT2D eigenvalue weighted by molar-refractivity contribution is -0.384. The summed E-state index contributed by atoms with van der Waals surface area (Å²) in [6.45, 7) is 4.58. The van der Waals surface area contributed by atoms with Gasteiger partial charge < -0.3 is 5.32 Å². The van der Waals surface area contributed by atoms with E-state index in [1.165, 1.54) is 6.42 Å². The number of benzene rings is 1. The van der Waals surface area contributed by atoms with Crippen molar-refractivity contribution in [2.75, 3.05) is 7.05 Å². The first kappa shape index (κ1) is 13.0. The van der Waals surface area contributed by atoms with E-state index in [0.717, 1.165) is 12.0 Å². The Morgan fingerprint density at radius 1 is 1.44 bits per heavy atom. The van der Waals surface area contributed by atoms with Crippen molar-refractivity contribution >= 4 is 5.69 Å². The lowest BCUT2D eigenvalue weighted by Crippen LogP contribution is -2.31. The van der Waals surface area contributed by atoms with Gasteiger partial charge in [0.15, 0.2) is 0 Å². The Morgan fingerprint density at radius 3 is 2.39 bits per heavy atom. The van der Waals surface area contributed by atoms with Crippen LogP contribution in [0.25, 0.3) is 0 Å². The molecular formula is C14H20N2O2. The number of rotatable bonds is 5. The Kier molecular flexibility index (Phi) is 3.39. The molecule has 0 aromatic heterocycles. The van der Waals surface area contributed by atoms with Gasteiger partial charge in [0, 0.05) is 18.2 Å². The van der Waals surface area contributed by atoms with Crippen LogP contribution in [0.5, 0.6) is 0 Å². The van der Waals surface area contributed by atoms with Gasteiger partial charge in [0.05, 0.1) is 4.92 Å². The SMILES string of the molecule is CNC(Cc1ccc([N+](=O)[O-])cc1)C1CC1(C)C. The summed E-state index contributed by atoms with van der Waals surface area (Å²) < 4.78 is 0. The highest BCUT2D eigenvalue weighted by molar-refractivity contribution is 5.33. The summed E-state index contributed by atoms with van der Waals surface area (Å²) in [5.74, 6) is 0.706. The second-order valence-electron chi connectivity index (χ2n) is 5.82. The van der Waals surface area contributed by atoms with Crippen LogP contribution in [-0.4, -0.2) is 18.0 Å². The largest absolute Gasteiger partial charge is 0.316 e. The smallest absolute Gasteiger partial charge is 0.269 e. The van der Waals surface area contributed by atoms with Crippen molar-refractivity contribution < 1.29 is 4.92 Å². The van der Waals surface area contributed by atoms with E-state index in [0.29, 0.717) is 17.4 Å². The first-order chi connectivity index (χ1) is 8.44. The number of nitro benzene ring substituents is 1. The minimum atomic E-state index is -0.358. The van der Waals surface area contributed by atoms with E-state index >= 15 is 0 Å². The first-order valence-corrected chi connectivity index (χ1v) is 6.34. The van der Waals surface area contributed by atoms with Crippen molar-refractivity contribution in [3.63, 3.8) is 0 Å². The molecule has 1 aliphatic rings. The lowest BCUT2D eigenvalue weighted by atomic mass is 9.97. The molecule has 0 saturated heterocycles. The predicted molar refractivity (Wildman–Crippen MR) is 71.5 cm³/mol. The number of hydrogen-bond acceptors (Lipinski definition) is 3. The van der Waals surface area contributed by atoms with Gasteiger partial charge in [-0.25, -0.2) is 0 Å². The molecule has 2 rings (SSSR count). The highest BCUT2D eigenvalue weighted by atomic mass is 16.6. The van der Waals surface area contributed by atoms with Gasteiger partial charge in [0.1, 0.15) is 0 Å². The second-order valence-corrected chi connectivity index (χ2v) is 5.82. The molecule has 2 atom stereocenters. The van der Waals surface area contributed by atoms with E-state index in [-0.39, 0.29) is 10.6 Å². The molecule has 2 unspecified atom stereocenters. The highest BCUT2D eigenvalue weighted by Gasteiger charge is 2.49. The Hall–Kier alpha value is -1.42. The maximum atomic E-state index is 10.6. The van der Waals surface area contributed by atoms with Gasteiger partial charge in [-0.1, -0.05) is 26.0 Å². The lowest BCUT2D eigenvalue weighted by Gasteiger charge is -2.18. The third-order valence-corrected chi connectivity index (χ3v) is 4.05. The molecular weight excluding hydrogens is 228 g/mol. The number of nitrogens with zero attached hydrogens (tertiary/aromatic N) is 1. The van der Waals surface area contributed by atoms with Crippen molar-refractivity contribution in [3.05, 3.63) is 39.9 Å². The van der Waals surface area contributed by atoms with Gasteiger partial charge >= 0.3 is 0 Å². The van der Waals surface area contributed by atoms with E-state index in [2.05, 4.69) is 19.2 Å². The van der Waals surface area contributed by atoms with E-state index in [9.17, 15) is 10.1 Å². The highest BCUT2D eigenvalue weighted by Crippen LogP contribution is 2.53. The van der Waals surface area contributed by atoms with Crippen molar-refractivity contribution in [2.24, 2.45) is 11.3 Å². The molecule has 0 bridgehead atoms. The Labute approximate surface area is 108 Å². The fourth-order valence-electron chi connectivity index (χ4n) is 2.65. The predicted octanol–water partition coefficient (Wildman–Crippen LogP) is 2.77. The summed E-state index contributed by atoms with van der Waals surface area (Å²) in [7, 11) is 1.99. The summed E-state index contributed by atoms with van der Waals surface area (Å²) in [5, 5.41) is 14.0. The molecule has 1 aliphatic carbocycles. The first-order valence-electron chi connectivity index (χ1n) is 6.34. The molecule has 1 saturated carbocycles. The fraction of sp³-hybridized carbons (Fsp3) is 0.571. The molecule has 0 spiro atoms. The molecule has 0 radical (unpaired) electrons. The summed E-state index contributed by atoms with van der Waals surface area (Å²) in [6.07, 6.45) is 2.19. The molecule has 98 valence electrons. The monoisotopic (exact) mass is 248 g/mol. The van der Waals surface area contributed by atoms with Gasteiger partial charge in [0.2, 0.25) is 0 Å². The van der Waals surface area contributed by atoms with Crippen LogP contribution in [0, 0.1) is 21.4 Å². The summed E-state index contributed by atoms with van der Waals surface area (Å²) in [4.78, 5) is 10.2. The Balaban J connectivity index is 2.02. The number of non-ortho nitro benzene ring substituents is 1. The maximum Gasteiger partial charge on any atom is 0.269 e. The van der Waals surface area contributed by atoms with Crippen LogP contribution in [0.15, 0.2) is 24.3 Å².